The second kappa shape index (κ2) is 6.32. The zero-order valence-electron chi connectivity index (χ0n) is 10.8. The topological polar surface area (TPSA) is 48.4 Å². The maximum Gasteiger partial charge on any atom is 0.363 e. The van der Waals surface area contributed by atoms with E-state index in [2.05, 4.69) is 4.98 Å². The molecule has 3 rings (SSSR count). The van der Waals surface area contributed by atoms with E-state index in [1.807, 2.05) is 0 Å². The summed E-state index contributed by atoms with van der Waals surface area (Å²) in [5.41, 5.74) is 0.237. The molecular formula is C14H11Cl2NO3S. The summed E-state index contributed by atoms with van der Waals surface area (Å²) >= 11 is 13.3. The number of rotatable bonds is 3. The molecule has 1 saturated heterocycles. The van der Waals surface area contributed by atoms with Crippen LogP contribution in [0.3, 0.4) is 0 Å². The van der Waals surface area contributed by atoms with Crippen LogP contribution >= 0.6 is 34.5 Å². The van der Waals surface area contributed by atoms with Crippen LogP contribution in [-0.4, -0.2) is 17.6 Å². The smallest absolute Gasteiger partial charge is 0.363 e. The first-order chi connectivity index (χ1) is 10.1. The van der Waals surface area contributed by atoms with Crippen molar-refractivity contribution < 1.29 is 14.3 Å². The summed E-state index contributed by atoms with van der Waals surface area (Å²) < 4.78 is 10.8. The molecule has 110 valence electrons. The minimum absolute atomic E-state index is 0.0135. The molecule has 7 heteroatoms. The van der Waals surface area contributed by atoms with E-state index in [4.69, 9.17) is 32.7 Å². The first kappa shape index (κ1) is 14.8. The molecule has 1 aliphatic heterocycles. The van der Waals surface area contributed by atoms with E-state index in [1.165, 1.54) is 11.3 Å². The highest BCUT2D eigenvalue weighted by molar-refractivity contribution is 7.09. The molecule has 1 atom stereocenters. The van der Waals surface area contributed by atoms with Crippen LogP contribution in [0.4, 0.5) is 0 Å². The molecule has 0 bridgehead atoms. The maximum atomic E-state index is 12.1. The van der Waals surface area contributed by atoms with Crippen molar-refractivity contribution in [2.45, 2.75) is 18.9 Å². The van der Waals surface area contributed by atoms with Crippen molar-refractivity contribution in [2.75, 3.05) is 6.61 Å². The average molecular weight is 344 g/mol. The maximum absolute atomic E-state index is 12.1. The molecule has 21 heavy (non-hydrogen) atoms. The molecular weight excluding hydrogens is 333 g/mol. The van der Waals surface area contributed by atoms with E-state index in [1.54, 1.807) is 23.6 Å². The van der Waals surface area contributed by atoms with Gasteiger partial charge in [-0.15, -0.1) is 11.3 Å². The highest BCUT2D eigenvalue weighted by Crippen LogP contribution is 2.34. The predicted molar refractivity (Wildman–Crippen MR) is 81.5 cm³/mol. The fraction of sp³-hybridized carbons (Fsp3) is 0.286. The molecule has 0 aliphatic carbocycles. The first-order valence-corrected chi connectivity index (χ1v) is 8.02. The van der Waals surface area contributed by atoms with Gasteiger partial charge in [-0.05, 0) is 25.0 Å². The Labute approximate surface area is 135 Å². The number of hydrogen-bond donors (Lipinski definition) is 0. The molecule has 0 amide bonds. The quantitative estimate of drug-likeness (QED) is 0.607. The predicted octanol–water partition coefficient (Wildman–Crippen LogP) is 4.52. The molecule has 2 aromatic rings. The Kier molecular flexibility index (Phi) is 4.45. The van der Waals surface area contributed by atoms with Crippen LogP contribution in [0.5, 0.6) is 5.75 Å². The molecule has 0 saturated carbocycles. The third kappa shape index (κ3) is 3.21. The number of aromatic nitrogens is 1. The lowest BCUT2D eigenvalue weighted by Gasteiger charge is -2.06. The molecule has 0 radical (unpaired) electrons. The number of nitrogens with zero attached hydrogens (tertiary/aromatic N) is 1. The van der Waals surface area contributed by atoms with Gasteiger partial charge in [0.15, 0.2) is 11.4 Å². The molecule has 4 nitrogen and oxygen atoms in total. The van der Waals surface area contributed by atoms with E-state index >= 15 is 0 Å². The van der Waals surface area contributed by atoms with Gasteiger partial charge in [0.2, 0.25) is 0 Å². The zero-order chi connectivity index (χ0) is 14.8. The van der Waals surface area contributed by atoms with Crippen molar-refractivity contribution in [3.63, 3.8) is 0 Å². The van der Waals surface area contributed by atoms with Gasteiger partial charge in [-0.25, -0.2) is 9.78 Å². The number of ether oxygens (including phenoxy) is 2. The Morgan fingerprint density at radius 2 is 2.14 bits per heavy atom. The summed E-state index contributed by atoms with van der Waals surface area (Å²) in [5.74, 6) is -0.428. The average Bonchev–Trinajstić information content (AvgIpc) is 3.12. The molecule has 1 unspecified atom stereocenters. The van der Waals surface area contributed by atoms with Crippen molar-refractivity contribution in [3.8, 4) is 5.75 Å². The molecule has 0 spiro atoms. The summed E-state index contributed by atoms with van der Waals surface area (Å²) in [4.78, 5) is 16.4. The van der Waals surface area contributed by atoms with E-state index < -0.39 is 5.97 Å². The van der Waals surface area contributed by atoms with E-state index in [-0.39, 0.29) is 27.6 Å². The first-order valence-electron chi connectivity index (χ1n) is 6.38. The van der Waals surface area contributed by atoms with Crippen LogP contribution in [0, 0.1) is 0 Å². The molecule has 1 aliphatic rings. The second-order valence-corrected chi connectivity index (χ2v) is 6.22. The zero-order valence-corrected chi connectivity index (χ0v) is 13.2. The fourth-order valence-electron chi connectivity index (χ4n) is 2.03. The fourth-order valence-corrected chi connectivity index (χ4v) is 3.37. The normalized spacial score (nSPS) is 17.9. The van der Waals surface area contributed by atoms with Crippen LogP contribution in [0.25, 0.3) is 0 Å². The van der Waals surface area contributed by atoms with Crippen LogP contribution in [0.2, 0.25) is 10.0 Å². The summed E-state index contributed by atoms with van der Waals surface area (Å²) in [5, 5.41) is 3.02. The van der Waals surface area contributed by atoms with E-state index in [0.717, 1.165) is 24.5 Å². The molecule has 0 N–H and O–H groups in total. The number of halogens is 2. The van der Waals surface area contributed by atoms with Crippen molar-refractivity contribution in [3.05, 3.63) is 44.3 Å². The van der Waals surface area contributed by atoms with E-state index in [0.29, 0.717) is 0 Å². The van der Waals surface area contributed by atoms with Gasteiger partial charge in [0.1, 0.15) is 11.1 Å². The number of carbonyl (C=O) groups is 1. The van der Waals surface area contributed by atoms with Crippen LogP contribution in [0.15, 0.2) is 23.6 Å². The Morgan fingerprint density at radius 3 is 2.81 bits per heavy atom. The van der Waals surface area contributed by atoms with Crippen molar-refractivity contribution in [2.24, 2.45) is 0 Å². The third-order valence-electron chi connectivity index (χ3n) is 3.05. The number of carbonyl (C=O) groups excluding carboxylic acids is 1. The minimum Gasteiger partial charge on any atom is -0.419 e. The van der Waals surface area contributed by atoms with Gasteiger partial charge in [0.25, 0.3) is 0 Å². The van der Waals surface area contributed by atoms with Gasteiger partial charge in [0.05, 0.1) is 10.0 Å². The lowest BCUT2D eigenvalue weighted by Crippen LogP contribution is -2.10. The van der Waals surface area contributed by atoms with Crippen molar-refractivity contribution in [1.29, 1.82) is 0 Å². The molecule has 1 aromatic carbocycles. The summed E-state index contributed by atoms with van der Waals surface area (Å²) in [6.07, 6.45) is 1.93. The van der Waals surface area contributed by atoms with Crippen molar-refractivity contribution in [1.82, 2.24) is 4.98 Å². The van der Waals surface area contributed by atoms with Crippen LogP contribution in [-0.2, 0) is 4.74 Å². The summed E-state index contributed by atoms with van der Waals surface area (Å²) in [6.45, 7) is 0.735. The summed E-state index contributed by atoms with van der Waals surface area (Å²) in [6, 6.07) is 4.89. The number of esters is 1. The van der Waals surface area contributed by atoms with Gasteiger partial charge < -0.3 is 9.47 Å². The molecule has 1 fully saturated rings. The summed E-state index contributed by atoms with van der Waals surface area (Å²) in [7, 11) is 0. The van der Waals surface area contributed by atoms with Gasteiger partial charge in [-0.2, -0.15) is 0 Å². The second-order valence-electron chi connectivity index (χ2n) is 4.51. The SMILES string of the molecule is O=C(Oc1c(Cl)cccc1Cl)c1csc(C2CCCO2)n1. The van der Waals surface area contributed by atoms with Crippen LogP contribution in [0.1, 0.15) is 34.4 Å². The Hall–Kier alpha value is -1.14. The highest BCUT2D eigenvalue weighted by atomic mass is 35.5. The van der Waals surface area contributed by atoms with Crippen LogP contribution < -0.4 is 4.74 Å². The Balaban J connectivity index is 1.76. The van der Waals surface area contributed by atoms with Gasteiger partial charge in [-0.1, -0.05) is 29.3 Å². The number of para-hydroxylation sites is 1. The van der Waals surface area contributed by atoms with Gasteiger partial charge in [-0.3, -0.25) is 0 Å². The lowest BCUT2D eigenvalue weighted by atomic mass is 10.2. The molecule has 2 heterocycles. The van der Waals surface area contributed by atoms with E-state index in [9.17, 15) is 4.79 Å². The van der Waals surface area contributed by atoms with Gasteiger partial charge >= 0.3 is 5.97 Å². The lowest BCUT2D eigenvalue weighted by molar-refractivity contribution is 0.0728. The van der Waals surface area contributed by atoms with Gasteiger partial charge in [0, 0.05) is 12.0 Å². The minimum atomic E-state index is -0.578. The van der Waals surface area contributed by atoms with Crippen molar-refractivity contribution >= 4 is 40.5 Å². The highest BCUT2D eigenvalue weighted by Gasteiger charge is 2.23. The largest absolute Gasteiger partial charge is 0.419 e. The monoisotopic (exact) mass is 343 g/mol. The Bertz CT molecular complexity index is 648. The Morgan fingerprint density at radius 1 is 1.38 bits per heavy atom. The number of thiazole rings is 1. The molecule has 1 aromatic heterocycles. The number of benzene rings is 1. The third-order valence-corrected chi connectivity index (χ3v) is 4.58. The number of hydrogen-bond acceptors (Lipinski definition) is 5. The standard InChI is InChI=1S/C14H11Cl2NO3S/c15-8-3-1-4-9(16)12(8)20-14(18)10-7-21-13(17-10)11-5-2-6-19-11/h1,3-4,7,11H,2,5-6H2.